The van der Waals surface area contributed by atoms with Gasteiger partial charge in [-0.15, -0.1) is 12.4 Å². The summed E-state index contributed by atoms with van der Waals surface area (Å²) in [6.07, 6.45) is 4.03. The molecule has 0 fully saturated rings. The second-order valence-corrected chi connectivity index (χ2v) is 7.09. The minimum Gasteiger partial charge on any atom is -0.859 e. The van der Waals surface area contributed by atoms with E-state index in [0.29, 0.717) is 17.2 Å². The summed E-state index contributed by atoms with van der Waals surface area (Å²) in [5.41, 5.74) is 2.65. The van der Waals surface area contributed by atoms with Crippen molar-refractivity contribution in [3.63, 3.8) is 0 Å². The second kappa shape index (κ2) is 9.75. The van der Waals surface area contributed by atoms with Crippen LogP contribution in [0.1, 0.15) is 12.2 Å². The summed E-state index contributed by atoms with van der Waals surface area (Å²) in [6.45, 7) is 1.12. The first-order chi connectivity index (χ1) is 14.6. The van der Waals surface area contributed by atoms with Gasteiger partial charge in [-0.05, 0) is 42.8 Å². The molecule has 0 aliphatic carbocycles. The van der Waals surface area contributed by atoms with Gasteiger partial charge in [-0.3, -0.25) is 4.99 Å². The van der Waals surface area contributed by atoms with Crippen molar-refractivity contribution < 1.29 is 23.9 Å². The van der Waals surface area contributed by atoms with Crippen LogP contribution in [0.5, 0.6) is 17.2 Å². The summed E-state index contributed by atoms with van der Waals surface area (Å²) in [5.74, 6) is 2.88. The molecule has 0 radical (unpaired) electrons. The molecule has 8 heteroatoms. The van der Waals surface area contributed by atoms with E-state index >= 15 is 0 Å². The predicted molar refractivity (Wildman–Crippen MR) is 119 cm³/mol. The van der Waals surface area contributed by atoms with Crippen molar-refractivity contribution in [1.82, 2.24) is 4.57 Å². The number of hydrogen-bond acceptors (Lipinski definition) is 5. The monoisotopic (exact) mass is 443 g/mol. The lowest BCUT2D eigenvalue weighted by Crippen LogP contribution is -2.43. The molecule has 1 aliphatic rings. The van der Waals surface area contributed by atoms with E-state index in [1.54, 1.807) is 39.5 Å². The van der Waals surface area contributed by atoms with Crippen LogP contribution in [0.4, 0.5) is 5.69 Å². The van der Waals surface area contributed by atoms with Crippen LogP contribution >= 0.6 is 12.4 Å². The molecule has 0 saturated carbocycles. The number of aromatic nitrogens is 2. The van der Waals surface area contributed by atoms with Crippen LogP contribution in [-0.4, -0.2) is 31.8 Å². The Morgan fingerprint density at radius 1 is 1.03 bits per heavy atom. The zero-order valence-electron chi connectivity index (χ0n) is 17.8. The predicted octanol–water partition coefficient (Wildman–Crippen LogP) is 2.93. The molecule has 0 bridgehead atoms. The molecule has 31 heavy (non-hydrogen) atoms. The van der Waals surface area contributed by atoms with Crippen molar-refractivity contribution in [2.24, 2.45) is 4.99 Å². The minimum absolute atomic E-state index is 0. The molecule has 1 aliphatic heterocycles. The van der Waals surface area contributed by atoms with E-state index in [9.17, 15) is 5.11 Å². The normalized spacial score (nSPS) is 12.8. The summed E-state index contributed by atoms with van der Waals surface area (Å²) in [5, 5.41) is 12.8. The molecular weight excluding hydrogens is 418 g/mol. The number of halogens is 1. The van der Waals surface area contributed by atoms with Gasteiger partial charge in [-0.2, -0.15) is 0 Å². The van der Waals surface area contributed by atoms with Crippen molar-refractivity contribution in [2.45, 2.75) is 25.9 Å². The number of rotatable bonds is 7. The van der Waals surface area contributed by atoms with Crippen molar-refractivity contribution in [3.05, 3.63) is 54.5 Å². The summed E-state index contributed by atoms with van der Waals surface area (Å²) in [7, 11) is 4.79. The largest absolute Gasteiger partial charge is 0.859 e. The third-order valence-corrected chi connectivity index (χ3v) is 5.32. The molecule has 0 saturated heterocycles. The van der Waals surface area contributed by atoms with E-state index in [1.165, 1.54) is 0 Å². The van der Waals surface area contributed by atoms with Gasteiger partial charge in [-0.25, -0.2) is 9.13 Å². The fourth-order valence-corrected chi connectivity index (χ4v) is 3.84. The standard InChI is InChI=1S/C23H25N3O4.ClH/c1-28-17-8-6-16(7-9-17)20-14-25(23-5-4-12-26(20)23)15-22(27)24-19-13-18(29-2)10-11-21(19)30-3;/h6-11,13-14H,4-5,12,15H2,1-3H3;1H. The number of hydrogen-bond donors (Lipinski definition) is 0. The van der Waals surface area contributed by atoms with E-state index < -0.39 is 0 Å². The average molecular weight is 444 g/mol. The number of fused-ring (bicyclic) bond motifs is 1. The Morgan fingerprint density at radius 2 is 1.74 bits per heavy atom. The maximum absolute atomic E-state index is 12.8. The first kappa shape index (κ1) is 22.5. The van der Waals surface area contributed by atoms with Crippen molar-refractivity contribution in [3.8, 4) is 28.5 Å². The summed E-state index contributed by atoms with van der Waals surface area (Å²) in [6, 6.07) is 13.2. The van der Waals surface area contributed by atoms with Gasteiger partial charge in [-0.1, -0.05) is 0 Å². The SMILES string of the molecule is COc1ccc(-c2c[n+](CC([O-])=Nc3cc(OC)ccc3OC)c3n2CCC3)cc1.Cl. The number of methoxy groups -OCH3 is 3. The maximum atomic E-state index is 12.8. The van der Waals surface area contributed by atoms with E-state index in [2.05, 4.69) is 9.56 Å². The number of aliphatic imine (C=N–C) groups is 1. The van der Waals surface area contributed by atoms with Gasteiger partial charge in [0.05, 0.1) is 34.3 Å². The van der Waals surface area contributed by atoms with Crippen LogP contribution in [0.3, 0.4) is 0 Å². The second-order valence-electron chi connectivity index (χ2n) is 7.09. The fourth-order valence-electron chi connectivity index (χ4n) is 3.84. The molecular formula is C23H26ClN3O4. The van der Waals surface area contributed by atoms with Crippen LogP contribution in [0.25, 0.3) is 11.3 Å². The van der Waals surface area contributed by atoms with Gasteiger partial charge in [0, 0.05) is 17.5 Å². The Labute approximate surface area is 187 Å². The Hall–Kier alpha value is -3.19. The lowest BCUT2D eigenvalue weighted by Gasteiger charge is -2.12. The Bertz CT molecular complexity index is 1080. The number of imidazole rings is 1. The van der Waals surface area contributed by atoms with Gasteiger partial charge in [0.25, 0.3) is 5.82 Å². The minimum atomic E-state index is -0.242. The van der Waals surface area contributed by atoms with E-state index in [0.717, 1.165) is 42.2 Å². The van der Waals surface area contributed by atoms with Crippen molar-refractivity contribution in [1.29, 1.82) is 0 Å². The lowest BCUT2D eigenvalue weighted by molar-refractivity contribution is -0.693. The third kappa shape index (κ3) is 4.61. The van der Waals surface area contributed by atoms with Crippen LogP contribution in [0.15, 0.2) is 53.7 Å². The topological polar surface area (TPSA) is 71.9 Å². The molecule has 0 N–H and O–H groups in total. The number of benzene rings is 2. The third-order valence-electron chi connectivity index (χ3n) is 5.32. The molecule has 4 rings (SSSR count). The van der Waals surface area contributed by atoms with Crippen LogP contribution < -0.4 is 23.9 Å². The van der Waals surface area contributed by atoms with Gasteiger partial charge in [0.1, 0.15) is 35.7 Å². The average Bonchev–Trinajstić information content (AvgIpc) is 3.37. The first-order valence-corrected chi connectivity index (χ1v) is 9.86. The molecule has 0 spiro atoms. The highest BCUT2D eigenvalue weighted by Crippen LogP contribution is 2.31. The number of ether oxygens (including phenoxy) is 3. The highest BCUT2D eigenvalue weighted by atomic mass is 35.5. The molecule has 164 valence electrons. The zero-order valence-corrected chi connectivity index (χ0v) is 18.6. The van der Waals surface area contributed by atoms with E-state index in [4.69, 9.17) is 14.2 Å². The van der Waals surface area contributed by atoms with Crippen molar-refractivity contribution >= 4 is 24.0 Å². The van der Waals surface area contributed by atoms with Crippen LogP contribution in [0.2, 0.25) is 0 Å². The van der Waals surface area contributed by atoms with Crippen molar-refractivity contribution in [2.75, 3.05) is 21.3 Å². The molecule has 1 aromatic heterocycles. The number of nitrogens with zero attached hydrogens (tertiary/aromatic N) is 3. The Morgan fingerprint density at radius 3 is 2.42 bits per heavy atom. The summed E-state index contributed by atoms with van der Waals surface area (Å²) in [4.78, 5) is 4.27. The lowest BCUT2D eigenvalue weighted by atomic mass is 10.1. The summed E-state index contributed by atoms with van der Waals surface area (Å²) < 4.78 is 20.1. The zero-order chi connectivity index (χ0) is 21.1. The molecule has 3 aromatic rings. The molecule has 0 atom stereocenters. The molecule has 0 unspecified atom stereocenters. The Kier molecular flexibility index (Phi) is 7.07. The molecule has 2 aromatic carbocycles. The quantitative estimate of drug-likeness (QED) is 0.320. The van der Waals surface area contributed by atoms with Crippen LogP contribution in [0, 0.1) is 0 Å². The Balaban J connectivity index is 0.00000272. The first-order valence-electron chi connectivity index (χ1n) is 9.86. The molecule has 0 amide bonds. The smallest absolute Gasteiger partial charge is 0.257 e. The van der Waals surface area contributed by atoms with E-state index in [1.807, 2.05) is 35.0 Å². The molecule has 7 nitrogen and oxygen atoms in total. The van der Waals surface area contributed by atoms with Gasteiger partial charge in [0.2, 0.25) is 0 Å². The fraction of sp³-hybridized carbons (Fsp3) is 0.304. The maximum Gasteiger partial charge on any atom is 0.257 e. The molecule has 2 heterocycles. The van der Waals surface area contributed by atoms with Gasteiger partial charge < -0.3 is 19.3 Å². The van der Waals surface area contributed by atoms with Crippen LogP contribution in [-0.2, 0) is 19.5 Å². The highest BCUT2D eigenvalue weighted by Gasteiger charge is 2.28. The van der Waals surface area contributed by atoms with Gasteiger partial charge in [0.15, 0.2) is 5.69 Å². The van der Waals surface area contributed by atoms with Gasteiger partial charge >= 0.3 is 0 Å². The highest BCUT2D eigenvalue weighted by molar-refractivity contribution is 5.85. The van der Waals surface area contributed by atoms with E-state index in [-0.39, 0.29) is 24.8 Å². The summed E-state index contributed by atoms with van der Waals surface area (Å²) >= 11 is 0.